The Kier molecular flexibility index (Phi) is 4.31. The van der Waals surface area contributed by atoms with Crippen LogP contribution in [0.4, 0.5) is 11.4 Å². The predicted octanol–water partition coefficient (Wildman–Crippen LogP) is 2.50. The van der Waals surface area contributed by atoms with Crippen molar-refractivity contribution in [1.82, 2.24) is 0 Å². The molecule has 3 N–H and O–H groups in total. The van der Waals surface area contributed by atoms with Crippen LogP contribution in [0.25, 0.3) is 0 Å². The van der Waals surface area contributed by atoms with Crippen LogP contribution in [0.5, 0.6) is 5.75 Å². The molecule has 18 heavy (non-hydrogen) atoms. The number of hydrogen-bond donors (Lipinski definition) is 2. The van der Waals surface area contributed by atoms with E-state index >= 15 is 0 Å². The Balaban J connectivity index is 1.97. The van der Waals surface area contributed by atoms with Gasteiger partial charge in [0.25, 0.3) is 0 Å². The van der Waals surface area contributed by atoms with Crippen LogP contribution in [-0.2, 0) is 4.74 Å². The zero-order valence-electron chi connectivity index (χ0n) is 11.1. The second-order valence-electron chi connectivity index (χ2n) is 4.70. The van der Waals surface area contributed by atoms with E-state index in [9.17, 15) is 0 Å². The number of nitrogens with two attached hydrogens (primary N) is 1. The number of anilines is 2. The first-order valence-corrected chi connectivity index (χ1v) is 6.53. The van der Waals surface area contributed by atoms with E-state index < -0.39 is 0 Å². The van der Waals surface area contributed by atoms with Crippen molar-refractivity contribution >= 4 is 11.4 Å². The standard InChI is InChI=1S/C14H22N2O2/c1-3-14-10(6-7-18-14)9-16-13-8-11(17-2)4-5-12(13)15/h4-5,8,10,14,16H,3,6-7,9,15H2,1-2H3. The van der Waals surface area contributed by atoms with E-state index in [-0.39, 0.29) is 0 Å². The Hall–Kier alpha value is -1.42. The van der Waals surface area contributed by atoms with Gasteiger partial charge in [0.15, 0.2) is 0 Å². The molecule has 1 fully saturated rings. The van der Waals surface area contributed by atoms with Crippen molar-refractivity contribution in [2.45, 2.75) is 25.9 Å². The summed E-state index contributed by atoms with van der Waals surface area (Å²) < 4.78 is 10.9. The summed E-state index contributed by atoms with van der Waals surface area (Å²) in [5.74, 6) is 1.39. The zero-order chi connectivity index (χ0) is 13.0. The van der Waals surface area contributed by atoms with E-state index in [1.165, 1.54) is 0 Å². The predicted molar refractivity (Wildman–Crippen MR) is 74.0 cm³/mol. The highest BCUT2D eigenvalue weighted by molar-refractivity contribution is 5.68. The summed E-state index contributed by atoms with van der Waals surface area (Å²) in [7, 11) is 1.66. The van der Waals surface area contributed by atoms with Crippen molar-refractivity contribution in [3.05, 3.63) is 18.2 Å². The van der Waals surface area contributed by atoms with Crippen molar-refractivity contribution < 1.29 is 9.47 Å². The summed E-state index contributed by atoms with van der Waals surface area (Å²) in [6.07, 6.45) is 2.57. The third-order valence-corrected chi connectivity index (χ3v) is 3.56. The molecule has 4 heteroatoms. The maximum atomic E-state index is 5.95. The molecular weight excluding hydrogens is 228 g/mol. The Bertz CT molecular complexity index is 395. The summed E-state index contributed by atoms with van der Waals surface area (Å²) >= 11 is 0. The fourth-order valence-electron chi connectivity index (χ4n) is 2.43. The number of methoxy groups -OCH3 is 1. The zero-order valence-corrected chi connectivity index (χ0v) is 11.1. The number of nitrogens with one attached hydrogen (secondary N) is 1. The monoisotopic (exact) mass is 250 g/mol. The lowest BCUT2D eigenvalue weighted by Gasteiger charge is -2.19. The second kappa shape index (κ2) is 5.96. The molecule has 2 rings (SSSR count). The van der Waals surface area contributed by atoms with E-state index in [2.05, 4.69) is 12.2 Å². The van der Waals surface area contributed by atoms with Gasteiger partial charge in [-0.3, -0.25) is 0 Å². The SMILES string of the molecule is CCC1OCCC1CNc1cc(OC)ccc1N. The molecular formula is C14H22N2O2. The van der Waals surface area contributed by atoms with Crippen molar-refractivity contribution in [2.75, 3.05) is 31.3 Å². The highest BCUT2D eigenvalue weighted by atomic mass is 16.5. The molecule has 1 aliphatic heterocycles. The quantitative estimate of drug-likeness (QED) is 0.788. The molecule has 1 aromatic rings. The maximum absolute atomic E-state index is 5.95. The largest absolute Gasteiger partial charge is 0.497 e. The molecule has 1 aromatic carbocycles. The minimum Gasteiger partial charge on any atom is -0.497 e. The molecule has 0 spiro atoms. The molecule has 1 aliphatic rings. The van der Waals surface area contributed by atoms with Crippen LogP contribution in [0.15, 0.2) is 18.2 Å². The Morgan fingerprint density at radius 3 is 3.06 bits per heavy atom. The molecule has 0 bridgehead atoms. The molecule has 0 aliphatic carbocycles. The van der Waals surface area contributed by atoms with Crippen molar-refractivity contribution in [1.29, 1.82) is 0 Å². The van der Waals surface area contributed by atoms with Gasteiger partial charge in [0, 0.05) is 25.1 Å². The number of hydrogen-bond acceptors (Lipinski definition) is 4. The third kappa shape index (κ3) is 2.88. The van der Waals surface area contributed by atoms with Crippen LogP contribution in [0.2, 0.25) is 0 Å². The molecule has 0 radical (unpaired) electrons. The smallest absolute Gasteiger partial charge is 0.121 e. The molecule has 4 nitrogen and oxygen atoms in total. The van der Waals surface area contributed by atoms with Gasteiger partial charge in [-0.05, 0) is 25.0 Å². The summed E-state index contributed by atoms with van der Waals surface area (Å²) in [6.45, 7) is 3.94. The van der Waals surface area contributed by atoms with E-state index in [0.717, 1.165) is 43.1 Å². The lowest BCUT2D eigenvalue weighted by molar-refractivity contribution is 0.0900. The van der Waals surface area contributed by atoms with Crippen molar-refractivity contribution in [3.63, 3.8) is 0 Å². The first-order valence-electron chi connectivity index (χ1n) is 6.53. The summed E-state index contributed by atoms with van der Waals surface area (Å²) in [4.78, 5) is 0. The van der Waals surface area contributed by atoms with Crippen molar-refractivity contribution in [3.8, 4) is 5.75 Å². The molecule has 2 atom stereocenters. The van der Waals surface area contributed by atoms with Crippen LogP contribution in [0, 0.1) is 5.92 Å². The number of rotatable bonds is 5. The van der Waals surface area contributed by atoms with E-state index in [1.807, 2.05) is 18.2 Å². The molecule has 0 saturated carbocycles. The van der Waals surface area contributed by atoms with Gasteiger partial charge in [-0.15, -0.1) is 0 Å². The number of benzene rings is 1. The van der Waals surface area contributed by atoms with Gasteiger partial charge in [0.05, 0.1) is 24.6 Å². The van der Waals surface area contributed by atoms with Gasteiger partial charge in [0.2, 0.25) is 0 Å². The van der Waals surface area contributed by atoms with Gasteiger partial charge < -0.3 is 20.5 Å². The Morgan fingerprint density at radius 2 is 2.33 bits per heavy atom. The van der Waals surface area contributed by atoms with Gasteiger partial charge in [0.1, 0.15) is 5.75 Å². The van der Waals surface area contributed by atoms with Gasteiger partial charge in [-0.2, -0.15) is 0 Å². The minimum absolute atomic E-state index is 0.379. The fraction of sp³-hybridized carbons (Fsp3) is 0.571. The summed E-state index contributed by atoms with van der Waals surface area (Å²) in [5, 5.41) is 3.41. The third-order valence-electron chi connectivity index (χ3n) is 3.56. The lowest BCUT2D eigenvalue weighted by Crippen LogP contribution is -2.23. The maximum Gasteiger partial charge on any atom is 0.121 e. The highest BCUT2D eigenvalue weighted by Crippen LogP contribution is 2.27. The highest BCUT2D eigenvalue weighted by Gasteiger charge is 2.26. The topological polar surface area (TPSA) is 56.5 Å². The summed E-state index contributed by atoms with van der Waals surface area (Å²) in [5.41, 5.74) is 7.64. The molecule has 1 saturated heterocycles. The molecule has 2 unspecified atom stereocenters. The molecule has 100 valence electrons. The minimum atomic E-state index is 0.379. The lowest BCUT2D eigenvalue weighted by atomic mass is 9.99. The summed E-state index contributed by atoms with van der Waals surface area (Å²) in [6, 6.07) is 5.67. The molecule has 0 aromatic heterocycles. The number of nitrogen functional groups attached to an aromatic ring is 1. The number of ether oxygens (including phenoxy) is 2. The fourth-order valence-corrected chi connectivity index (χ4v) is 2.43. The van der Waals surface area contributed by atoms with Crippen LogP contribution in [0.3, 0.4) is 0 Å². The Morgan fingerprint density at radius 1 is 1.50 bits per heavy atom. The van der Waals surface area contributed by atoms with E-state index in [0.29, 0.717) is 12.0 Å². The van der Waals surface area contributed by atoms with Gasteiger partial charge in [-0.25, -0.2) is 0 Å². The van der Waals surface area contributed by atoms with Crippen LogP contribution >= 0.6 is 0 Å². The van der Waals surface area contributed by atoms with Crippen molar-refractivity contribution in [2.24, 2.45) is 5.92 Å². The average Bonchev–Trinajstić information content (AvgIpc) is 2.85. The van der Waals surface area contributed by atoms with Crippen LogP contribution in [-0.4, -0.2) is 26.4 Å². The normalized spacial score (nSPS) is 23.0. The van der Waals surface area contributed by atoms with E-state index in [4.69, 9.17) is 15.2 Å². The van der Waals surface area contributed by atoms with Crippen LogP contribution in [0.1, 0.15) is 19.8 Å². The second-order valence-corrected chi connectivity index (χ2v) is 4.70. The average molecular weight is 250 g/mol. The van der Waals surface area contributed by atoms with Gasteiger partial charge in [-0.1, -0.05) is 6.92 Å². The van der Waals surface area contributed by atoms with Crippen LogP contribution < -0.4 is 15.8 Å². The molecule has 1 heterocycles. The first-order chi connectivity index (χ1) is 8.74. The first kappa shape index (κ1) is 13.0. The van der Waals surface area contributed by atoms with Gasteiger partial charge >= 0.3 is 0 Å². The van der Waals surface area contributed by atoms with E-state index in [1.54, 1.807) is 7.11 Å². The molecule has 0 amide bonds. The Labute approximate surface area is 108 Å².